The molecule has 0 radical (unpaired) electrons. The van der Waals surface area contributed by atoms with Gasteiger partial charge in [-0.15, -0.1) is 0 Å². The first-order chi connectivity index (χ1) is 9.91. The van der Waals surface area contributed by atoms with Crippen molar-refractivity contribution < 1.29 is 14.3 Å². The van der Waals surface area contributed by atoms with Crippen LogP contribution in [-0.4, -0.2) is 27.1 Å². The van der Waals surface area contributed by atoms with E-state index in [9.17, 15) is 14.4 Å². The van der Waals surface area contributed by atoms with Crippen LogP contribution < -0.4 is 11.4 Å². The molecule has 21 heavy (non-hydrogen) atoms. The van der Waals surface area contributed by atoms with E-state index in [1.807, 2.05) is 24.3 Å². The van der Waals surface area contributed by atoms with Crippen LogP contribution in [-0.2, 0) is 27.9 Å². The number of aromatic nitrogens is 2. The zero-order valence-electron chi connectivity index (χ0n) is 11.9. The lowest BCUT2D eigenvalue weighted by Crippen LogP contribution is -2.31. The van der Waals surface area contributed by atoms with Gasteiger partial charge in [0, 0.05) is 13.6 Å². The van der Waals surface area contributed by atoms with Gasteiger partial charge in [0.05, 0.1) is 17.5 Å². The number of amides is 1. The van der Waals surface area contributed by atoms with Crippen LogP contribution >= 0.6 is 0 Å². The Morgan fingerprint density at radius 1 is 1.29 bits per heavy atom. The van der Waals surface area contributed by atoms with Crippen molar-refractivity contribution in [2.45, 2.75) is 26.0 Å². The summed E-state index contributed by atoms with van der Waals surface area (Å²) in [6, 6.07) is 7.31. The summed E-state index contributed by atoms with van der Waals surface area (Å²) in [5, 5.41) is 0. The van der Waals surface area contributed by atoms with Gasteiger partial charge in [0.1, 0.15) is 0 Å². The van der Waals surface area contributed by atoms with E-state index >= 15 is 0 Å². The lowest BCUT2D eigenvalue weighted by atomic mass is 10.3. The molecule has 1 amide bonds. The number of imidazole rings is 1. The van der Waals surface area contributed by atoms with Crippen LogP contribution in [0.2, 0.25) is 0 Å². The van der Waals surface area contributed by atoms with Gasteiger partial charge in [-0.05, 0) is 19.1 Å². The zero-order chi connectivity index (χ0) is 15.6. The quantitative estimate of drug-likeness (QED) is 0.793. The number of nitrogens with two attached hydrogens (primary N) is 1. The normalized spacial score (nSPS) is 12.3. The number of aryl methyl sites for hydroxylation is 2. The van der Waals surface area contributed by atoms with E-state index in [2.05, 4.69) is 0 Å². The molecule has 0 saturated carbocycles. The van der Waals surface area contributed by atoms with Crippen LogP contribution in [0.1, 0.15) is 13.3 Å². The van der Waals surface area contributed by atoms with Gasteiger partial charge in [-0.3, -0.25) is 18.7 Å². The molecule has 1 aromatic heterocycles. The maximum absolute atomic E-state index is 12.1. The third-order valence-corrected chi connectivity index (χ3v) is 3.30. The average molecular weight is 291 g/mol. The minimum Gasteiger partial charge on any atom is -0.453 e. The molecule has 2 N–H and O–H groups in total. The van der Waals surface area contributed by atoms with Crippen molar-refractivity contribution in [2.75, 3.05) is 0 Å². The number of hydrogen-bond donors (Lipinski definition) is 1. The molecule has 2 aromatic rings. The molecule has 112 valence electrons. The number of ether oxygens (including phenoxy) is 1. The minimum absolute atomic E-state index is 0.00840. The molecule has 0 aliphatic heterocycles. The van der Waals surface area contributed by atoms with Gasteiger partial charge in [0.15, 0.2) is 6.10 Å². The second-order valence-electron chi connectivity index (χ2n) is 4.77. The first-order valence-corrected chi connectivity index (χ1v) is 6.55. The lowest BCUT2D eigenvalue weighted by Gasteiger charge is -2.09. The van der Waals surface area contributed by atoms with Gasteiger partial charge in [0.25, 0.3) is 5.91 Å². The van der Waals surface area contributed by atoms with E-state index in [-0.39, 0.29) is 18.7 Å². The van der Waals surface area contributed by atoms with Gasteiger partial charge in [0.2, 0.25) is 0 Å². The van der Waals surface area contributed by atoms with Crippen molar-refractivity contribution in [3.8, 4) is 0 Å². The van der Waals surface area contributed by atoms with Crippen LogP contribution in [0.25, 0.3) is 11.0 Å². The number of para-hydroxylation sites is 2. The summed E-state index contributed by atoms with van der Waals surface area (Å²) in [6.45, 7) is 1.59. The van der Waals surface area contributed by atoms with E-state index in [1.54, 1.807) is 7.05 Å². The van der Waals surface area contributed by atoms with Crippen LogP contribution in [0, 0.1) is 0 Å². The summed E-state index contributed by atoms with van der Waals surface area (Å²) < 4.78 is 7.88. The van der Waals surface area contributed by atoms with Crippen LogP contribution in [0.15, 0.2) is 29.1 Å². The topological polar surface area (TPSA) is 96.3 Å². The fraction of sp³-hybridized carbons (Fsp3) is 0.357. The molecule has 7 nitrogen and oxygen atoms in total. The van der Waals surface area contributed by atoms with Crippen LogP contribution in [0.5, 0.6) is 0 Å². The van der Waals surface area contributed by atoms with E-state index in [4.69, 9.17) is 10.5 Å². The third-order valence-electron chi connectivity index (χ3n) is 3.30. The third kappa shape index (κ3) is 2.96. The number of fused-ring (bicyclic) bond motifs is 1. The molecular formula is C14H17N3O4. The molecule has 1 heterocycles. The SMILES string of the molecule is C[C@H](OC(=O)CCn1c(=O)n(C)c2ccccc21)C(N)=O. The summed E-state index contributed by atoms with van der Waals surface area (Å²) in [6.07, 6.45) is -0.979. The van der Waals surface area contributed by atoms with Crippen LogP contribution in [0.3, 0.4) is 0 Å². The minimum atomic E-state index is -0.971. The summed E-state index contributed by atoms with van der Waals surface area (Å²) in [5.41, 5.74) is 6.36. The Balaban J connectivity index is 2.14. The molecule has 0 fully saturated rings. The predicted molar refractivity (Wildman–Crippen MR) is 76.5 cm³/mol. The highest BCUT2D eigenvalue weighted by atomic mass is 16.5. The van der Waals surface area contributed by atoms with Crippen molar-refractivity contribution in [1.82, 2.24) is 9.13 Å². The Morgan fingerprint density at radius 3 is 2.52 bits per heavy atom. The monoisotopic (exact) mass is 291 g/mol. The molecule has 0 saturated heterocycles. The molecule has 0 bridgehead atoms. The van der Waals surface area contributed by atoms with Gasteiger partial charge >= 0.3 is 11.7 Å². The van der Waals surface area contributed by atoms with E-state index in [0.717, 1.165) is 11.0 Å². The second kappa shape index (κ2) is 5.82. The van der Waals surface area contributed by atoms with Crippen molar-refractivity contribution in [1.29, 1.82) is 0 Å². The number of carbonyl (C=O) groups is 2. The second-order valence-corrected chi connectivity index (χ2v) is 4.77. The van der Waals surface area contributed by atoms with Crippen molar-refractivity contribution in [3.63, 3.8) is 0 Å². The maximum atomic E-state index is 12.1. The molecular weight excluding hydrogens is 274 g/mol. The number of primary amides is 1. The van der Waals surface area contributed by atoms with Gasteiger partial charge < -0.3 is 10.5 Å². The summed E-state index contributed by atoms with van der Waals surface area (Å²) in [4.78, 5) is 34.6. The lowest BCUT2D eigenvalue weighted by molar-refractivity contribution is -0.153. The Kier molecular flexibility index (Phi) is 4.11. The summed E-state index contributed by atoms with van der Waals surface area (Å²) >= 11 is 0. The predicted octanol–water partition coefficient (Wildman–Crippen LogP) is 0.147. The Hall–Kier alpha value is -2.57. The largest absolute Gasteiger partial charge is 0.453 e. The Labute approximate surface area is 120 Å². The Bertz CT molecular complexity index is 744. The summed E-state index contributed by atoms with van der Waals surface area (Å²) in [7, 11) is 1.68. The molecule has 1 aromatic carbocycles. The zero-order valence-corrected chi connectivity index (χ0v) is 11.9. The van der Waals surface area contributed by atoms with Gasteiger partial charge in [-0.2, -0.15) is 0 Å². The average Bonchev–Trinajstić information content (AvgIpc) is 2.69. The number of esters is 1. The van der Waals surface area contributed by atoms with Crippen molar-refractivity contribution in [2.24, 2.45) is 12.8 Å². The standard InChI is InChI=1S/C14H17N3O4/c1-9(13(15)19)21-12(18)7-8-17-11-6-4-3-5-10(11)16(2)14(17)20/h3-6,9H,7-8H2,1-2H3,(H2,15,19)/t9-/m0/s1. The number of carbonyl (C=O) groups excluding carboxylic acids is 2. The van der Waals surface area contributed by atoms with E-state index in [0.29, 0.717) is 0 Å². The Morgan fingerprint density at radius 2 is 1.90 bits per heavy atom. The number of hydrogen-bond acceptors (Lipinski definition) is 4. The highest BCUT2D eigenvalue weighted by molar-refractivity contribution is 5.82. The van der Waals surface area contributed by atoms with Crippen molar-refractivity contribution >= 4 is 22.9 Å². The molecule has 2 rings (SSSR count). The molecule has 7 heteroatoms. The van der Waals surface area contributed by atoms with E-state index < -0.39 is 18.0 Å². The highest BCUT2D eigenvalue weighted by Gasteiger charge is 2.16. The molecule has 0 aliphatic rings. The first-order valence-electron chi connectivity index (χ1n) is 6.55. The van der Waals surface area contributed by atoms with E-state index in [1.165, 1.54) is 16.1 Å². The fourth-order valence-corrected chi connectivity index (χ4v) is 2.10. The highest BCUT2D eigenvalue weighted by Crippen LogP contribution is 2.12. The molecule has 0 aliphatic carbocycles. The maximum Gasteiger partial charge on any atom is 0.328 e. The molecule has 1 atom stereocenters. The number of benzene rings is 1. The number of rotatable bonds is 5. The molecule has 0 unspecified atom stereocenters. The first kappa shape index (κ1) is 14.8. The summed E-state index contributed by atoms with van der Waals surface area (Å²) in [5.74, 6) is -1.27. The van der Waals surface area contributed by atoms with Gasteiger partial charge in [-0.1, -0.05) is 12.1 Å². The molecule has 0 spiro atoms. The fourth-order valence-electron chi connectivity index (χ4n) is 2.10. The van der Waals surface area contributed by atoms with Crippen LogP contribution in [0.4, 0.5) is 0 Å². The van der Waals surface area contributed by atoms with Crippen molar-refractivity contribution in [3.05, 3.63) is 34.7 Å². The van der Waals surface area contributed by atoms with Gasteiger partial charge in [-0.25, -0.2) is 4.79 Å². The smallest absolute Gasteiger partial charge is 0.328 e. The number of nitrogens with zero attached hydrogens (tertiary/aromatic N) is 2.